The van der Waals surface area contributed by atoms with Crippen molar-refractivity contribution in [2.24, 2.45) is 0 Å². The zero-order valence-electron chi connectivity index (χ0n) is 22.2. The van der Waals surface area contributed by atoms with Crippen molar-refractivity contribution in [3.8, 4) is 17.1 Å². The van der Waals surface area contributed by atoms with Crippen LogP contribution in [0.15, 0.2) is 96.2 Å². The molecule has 0 saturated carbocycles. The van der Waals surface area contributed by atoms with Gasteiger partial charge in [0.05, 0.1) is 11.4 Å². The molecule has 6 rings (SSSR count). The molecule has 0 saturated heterocycles. The monoisotopic (exact) mass is 531 g/mol. The number of para-hydroxylation sites is 1. The van der Waals surface area contributed by atoms with E-state index < -0.39 is 0 Å². The quantitative estimate of drug-likeness (QED) is 0.218. The topological polar surface area (TPSA) is 64.7 Å². The molecule has 0 radical (unpaired) electrons. The van der Waals surface area contributed by atoms with E-state index in [1.54, 1.807) is 0 Å². The fraction of sp³-hybridized carbons (Fsp3) is 0.156. The highest BCUT2D eigenvalue weighted by atomic mass is 32.2. The molecule has 39 heavy (non-hydrogen) atoms. The van der Waals surface area contributed by atoms with E-state index >= 15 is 0 Å². The second-order valence-corrected chi connectivity index (χ2v) is 10.5. The number of aryl methyl sites for hydroxylation is 3. The number of rotatable bonds is 7. The molecule has 194 valence electrons. The Morgan fingerprint density at radius 3 is 2.38 bits per heavy atom. The normalized spacial score (nSPS) is 11.4. The summed E-state index contributed by atoms with van der Waals surface area (Å²) in [5.74, 6) is 0.876. The summed E-state index contributed by atoms with van der Waals surface area (Å²) in [6, 6.07) is 30.8. The van der Waals surface area contributed by atoms with Crippen molar-refractivity contribution in [2.75, 3.05) is 11.1 Å². The first-order valence-electron chi connectivity index (χ1n) is 13.1. The summed E-state index contributed by atoms with van der Waals surface area (Å²) < 4.78 is 4.33. The summed E-state index contributed by atoms with van der Waals surface area (Å²) in [7, 11) is 0. The summed E-state index contributed by atoms with van der Waals surface area (Å²) in [6.45, 7) is 7.23. The number of amides is 1. The van der Waals surface area contributed by atoms with Gasteiger partial charge in [0.25, 0.3) is 0 Å². The van der Waals surface area contributed by atoms with Crippen molar-refractivity contribution < 1.29 is 4.79 Å². The number of hydrogen-bond donors (Lipinski definition) is 1. The van der Waals surface area contributed by atoms with Crippen LogP contribution in [0, 0.1) is 13.8 Å². The third-order valence-electron chi connectivity index (χ3n) is 7.12. The Bertz CT molecular complexity index is 1820. The molecular formula is C32H29N5OS. The van der Waals surface area contributed by atoms with Crippen molar-refractivity contribution >= 4 is 45.2 Å². The van der Waals surface area contributed by atoms with Gasteiger partial charge in [-0.3, -0.25) is 9.36 Å². The van der Waals surface area contributed by atoms with Crippen molar-refractivity contribution in [1.82, 2.24) is 19.3 Å². The van der Waals surface area contributed by atoms with Gasteiger partial charge in [0, 0.05) is 39.6 Å². The molecule has 2 aromatic heterocycles. The lowest BCUT2D eigenvalue weighted by molar-refractivity contribution is -0.113. The van der Waals surface area contributed by atoms with Crippen LogP contribution in [0.4, 0.5) is 5.69 Å². The molecule has 0 atom stereocenters. The van der Waals surface area contributed by atoms with Gasteiger partial charge >= 0.3 is 0 Å². The molecule has 0 fully saturated rings. The fourth-order valence-electron chi connectivity index (χ4n) is 5.03. The van der Waals surface area contributed by atoms with Crippen LogP contribution in [-0.4, -0.2) is 31.0 Å². The molecule has 6 nitrogen and oxygen atoms in total. The maximum Gasteiger partial charge on any atom is 0.234 e. The standard InChI is InChI=1S/C32H29N5OS/c1-4-36-28-13-9-8-12-26(28)27-19-24(15-17-29(27)36)33-30(38)20-39-32-35-34-31(23-10-6-5-7-11-23)37(32)25-16-14-21(2)22(3)18-25/h5-19H,4,20H2,1-3H3,(H,33,38). The SMILES string of the molecule is CCn1c2ccccc2c2cc(NC(=O)CSc3nnc(-c4ccccc4)n3-c3ccc(C)c(C)c3)ccc21. The summed E-state index contributed by atoms with van der Waals surface area (Å²) in [5.41, 5.74) is 7.51. The minimum absolute atomic E-state index is 0.0884. The predicted octanol–water partition coefficient (Wildman–Crippen LogP) is 7.41. The summed E-state index contributed by atoms with van der Waals surface area (Å²) in [6.07, 6.45) is 0. The molecule has 0 unspecified atom stereocenters. The molecule has 0 aliphatic heterocycles. The number of carbonyl (C=O) groups is 1. The first kappa shape index (κ1) is 24.9. The number of nitrogens with one attached hydrogen (secondary N) is 1. The Balaban J connectivity index is 1.27. The van der Waals surface area contributed by atoms with E-state index in [1.807, 2.05) is 41.0 Å². The highest BCUT2D eigenvalue weighted by Crippen LogP contribution is 2.32. The third kappa shape index (κ3) is 4.70. The van der Waals surface area contributed by atoms with Gasteiger partial charge in [-0.05, 0) is 68.3 Å². The Morgan fingerprint density at radius 1 is 0.821 bits per heavy atom. The summed E-state index contributed by atoms with van der Waals surface area (Å²) in [5, 5.41) is 15.1. The van der Waals surface area contributed by atoms with E-state index in [1.165, 1.54) is 39.3 Å². The Labute approximate surface area is 231 Å². The van der Waals surface area contributed by atoms with E-state index in [4.69, 9.17) is 0 Å². The molecule has 4 aromatic carbocycles. The lowest BCUT2D eigenvalue weighted by atomic mass is 10.1. The molecule has 0 aliphatic rings. The maximum atomic E-state index is 13.1. The molecule has 6 aromatic rings. The van der Waals surface area contributed by atoms with Crippen LogP contribution in [0.5, 0.6) is 0 Å². The van der Waals surface area contributed by atoms with Crippen molar-refractivity contribution in [3.05, 3.63) is 102 Å². The number of carbonyl (C=O) groups excluding carboxylic acids is 1. The number of nitrogens with zero attached hydrogens (tertiary/aromatic N) is 4. The molecular weight excluding hydrogens is 502 g/mol. The van der Waals surface area contributed by atoms with Crippen LogP contribution < -0.4 is 5.32 Å². The van der Waals surface area contributed by atoms with Gasteiger partial charge in [0.2, 0.25) is 5.91 Å². The van der Waals surface area contributed by atoms with Gasteiger partial charge in [-0.25, -0.2) is 0 Å². The van der Waals surface area contributed by atoms with Gasteiger partial charge in [-0.15, -0.1) is 10.2 Å². The smallest absolute Gasteiger partial charge is 0.234 e. The van der Waals surface area contributed by atoms with Crippen molar-refractivity contribution in [1.29, 1.82) is 0 Å². The highest BCUT2D eigenvalue weighted by molar-refractivity contribution is 7.99. The van der Waals surface area contributed by atoms with E-state index in [2.05, 4.69) is 95.4 Å². The van der Waals surface area contributed by atoms with E-state index in [9.17, 15) is 4.79 Å². The number of aromatic nitrogens is 4. The van der Waals surface area contributed by atoms with Crippen molar-refractivity contribution in [2.45, 2.75) is 32.5 Å². The van der Waals surface area contributed by atoms with Gasteiger partial charge in [0.15, 0.2) is 11.0 Å². The number of anilines is 1. The van der Waals surface area contributed by atoms with Crippen LogP contribution in [0.2, 0.25) is 0 Å². The number of thioether (sulfide) groups is 1. The van der Waals surface area contributed by atoms with Crippen LogP contribution >= 0.6 is 11.8 Å². The molecule has 1 N–H and O–H groups in total. The zero-order chi connectivity index (χ0) is 26.9. The number of hydrogen-bond acceptors (Lipinski definition) is 4. The Hall–Kier alpha value is -4.36. The van der Waals surface area contributed by atoms with Gasteiger partial charge in [0.1, 0.15) is 0 Å². The van der Waals surface area contributed by atoms with Crippen molar-refractivity contribution in [3.63, 3.8) is 0 Å². The van der Waals surface area contributed by atoms with E-state index in [0.717, 1.165) is 34.7 Å². The second-order valence-electron chi connectivity index (χ2n) is 9.61. The average molecular weight is 532 g/mol. The van der Waals surface area contributed by atoms with E-state index in [-0.39, 0.29) is 11.7 Å². The zero-order valence-corrected chi connectivity index (χ0v) is 23.0. The Morgan fingerprint density at radius 2 is 1.59 bits per heavy atom. The maximum absolute atomic E-state index is 13.1. The van der Waals surface area contributed by atoms with Crippen LogP contribution in [0.1, 0.15) is 18.1 Å². The molecule has 7 heteroatoms. The number of benzene rings is 4. The molecule has 0 aliphatic carbocycles. The van der Waals surface area contributed by atoms with E-state index in [0.29, 0.717) is 5.16 Å². The van der Waals surface area contributed by atoms with Gasteiger partial charge in [-0.1, -0.05) is 66.4 Å². The van der Waals surface area contributed by atoms with Gasteiger partial charge in [-0.2, -0.15) is 0 Å². The summed E-state index contributed by atoms with van der Waals surface area (Å²) in [4.78, 5) is 13.1. The largest absolute Gasteiger partial charge is 0.341 e. The Kier molecular flexibility index (Phi) is 6.67. The first-order chi connectivity index (χ1) is 19.0. The first-order valence-corrected chi connectivity index (χ1v) is 14.0. The second kappa shape index (κ2) is 10.4. The lowest BCUT2D eigenvalue weighted by Gasteiger charge is -2.12. The fourth-order valence-corrected chi connectivity index (χ4v) is 5.79. The molecule has 0 bridgehead atoms. The average Bonchev–Trinajstić information content (AvgIpc) is 3.53. The summed E-state index contributed by atoms with van der Waals surface area (Å²) >= 11 is 1.38. The molecule has 2 heterocycles. The van der Waals surface area contributed by atoms with Crippen LogP contribution in [0.3, 0.4) is 0 Å². The highest BCUT2D eigenvalue weighted by Gasteiger charge is 2.18. The molecule has 0 spiro atoms. The predicted molar refractivity (Wildman–Crippen MR) is 161 cm³/mol. The third-order valence-corrected chi connectivity index (χ3v) is 8.05. The molecule has 1 amide bonds. The lowest BCUT2D eigenvalue weighted by Crippen LogP contribution is -2.14. The van der Waals surface area contributed by atoms with Gasteiger partial charge < -0.3 is 9.88 Å². The van der Waals surface area contributed by atoms with Crippen LogP contribution in [0.25, 0.3) is 38.9 Å². The minimum atomic E-state index is -0.0884. The number of fused-ring (bicyclic) bond motifs is 3. The minimum Gasteiger partial charge on any atom is -0.341 e. The van der Waals surface area contributed by atoms with Crippen LogP contribution in [-0.2, 0) is 11.3 Å².